The van der Waals surface area contributed by atoms with Gasteiger partial charge in [0, 0.05) is 43.2 Å². The molecule has 0 fully saturated rings. The first-order chi connectivity index (χ1) is 36.6. The highest BCUT2D eigenvalue weighted by atomic mass is 32.1. The van der Waals surface area contributed by atoms with Gasteiger partial charge in [0.1, 0.15) is 0 Å². The monoisotopic (exact) mass is 1060 g/mol. The van der Waals surface area contributed by atoms with Gasteiger partial charge < -0.3 is 9.80 Å². The van der Waals surface area contributed by atoms with Crippen LogP contribution in [0.2, 0.25) is 0 Å². The molecule has 0 atom stereocenters. The van der Waals surface area contributed by atoms with Crippen molar-refractivity contribution in [2.24, 2.45) is 0 Å². The molecule has 6 aromatic carbocycles. The van der Waals surface area contributed by atoms with Crippen molar-refractivity contribution in [3.05, 3.63) is 147 Å². The van der Waals surface area contributed by atoms with E-state index in [1.807, 2.05) is 0 Å². The molecule has 0 bridgehead atoms. The first-order valence-electron chi connectivity index (χ1n) is 30.6. The number of nitrogens with zero attached hydrogens (tertiary/aromatic N) is 2. The third-order valence-electron chi connectivity index (χ3n) is 22.2. The van der Waals surface area contributed by atoms with Crippen LogP contribution in [0.3, 0.4) is 0 Å². The van der Waals surface area contributed by atoms with Crippen LogP contribution in [0, 0.1) is 6.92 Å². The number of thiophene rings is 1. The minimum atomic E-state index is -0.146. The van der Waals surface area contributed by atoms with E-state index in [9.17, 15) is 0 Å². The summed E-state index contributed by atoms with van der Waals surface area (Å²) in [6, 6.07) is 38.3. The average molecular weight is 1060 g/mol. The molecule has 0 saturated carbocycles. The van der Waals surface area contributed by atoms with Gasteiger partial charge in [-0.1, -0.05) is 174 Å². The van der Waals surface area contributed by atoms with E-state index in [1.165, 1.54) is 166 Å². The molecule has 0 amide bonds. The van der Waals surface area contributed by atoms with Gasteiger partial charge in [-0.05, 0) is 228 Å². The second-order valence-corrected chi connectivity index (χ2v) is 33.6. The largest absolute Gasteiger partial charge is 0.311 e. The second kappa shape index (κ2) is 16.6. The van der Waals surface area contributed by atoms with Crippen molar-refractivity contribution in [2.75, 3.05) is 9.80 Å². The maximum Gasteiger partial charge on any atom is 0.264 e. The third kappa shape index (κ3) is 7.80. The lowest BCUT2D eigenvalue weighted by Crippen LogP contribution is -2.61. The molecule has 2 nitrogen and oxygen atoms in total. The van der Waals surface area contributed by atoms with Crippen LogP contribution < -0.4 is 25.5 Å². The summed E-state index contributed by atoms with van der Waals surface area (Å²) in [4.78, 5) is 5.69. The van der Waals surface area contributed by atoms with Gasteiger partial charge in [0.05, 0.1) is 11.4 Å². The average Bonchev–Trinajstić information content (AvgIpc) is 2.25. The van der Waals surface area contributed by atoms with Crippen LogP contribution in [-0.4, -0.2) is 6.71 Å². The van der Waals surface area contributed by atoms with E-state index in [1.54, 1.807) is 5.56 Å². The Balaban J connectivity index is 1.23. The molecule has 4 aliphatic carbocycles. The summed E-state index contributed by atoms with van der Waals surface area (Å²) in [5, 5.41) is 1.42. The summed E-state index contributed by atoms with van der Waals surface area (Å²) in [6.45, 7) is 50.0. The van der Waals surface area contributed by atoms with E-state index >= 15 is 0 Å². The smallest absolute Gasteiger partial charge is 0.264 e. The fourth-order valence-electron chi connectivity index (χ4n) is 16.1. The Bertz CT molecular complexity index is 3750. The van der Waals surface area contributed by atoms with Crippen LogP contribution in [-0.2, 0) is 48.7 Å². The molecule has 7 aromatic rings. The van der Waals surface area contributed by atoms with Crippen LogP contribution in [0.5, 0.6) is 0 Å². The van der Waals surface area contributed by atoms with E-state index in [0.29, 0.717) is 0 Å². The zero-order valence-corrected chi connectivity index (χ0v) is 53.0. The zero-order chi connectivity index (χ0) is 56.5. The minimum Gasteiger partial charge on any atom is -0.311 e. The molecule has 79 heavy (non-hydrogen) atoms. The lowest BCUT2D eigenvalue weighted by atomic mass is 9.35. The Morgan fingerprint density at radius 1 is 0.418 bits per heavy atom. The zero-order valence-electron chi connectivity index (χ0n) is 52.2. The summed E-state index contributed by atoms with van der Waals surface area (Å²) in [5.41, 5.74) is 28.8. The van der Waals surface area contributed by atoms with Gasteiger partial charge in [0.2, 0.25) is 0 Å². The quantitative estimate of drug-likeness (QED) is 0.163. The lowest BCUT2D eigenvalue weighted by Gasteiger charge is -2.48. The van der Waals surface area contributed by atoms with E-state index in [-0.39, 0.29) is 55.4 Å². The first kappa shape index (κ1) is 53.3. The van der Waals surface area contributed by atoms with Crippen molar-refractivity contribution in [1.82, 2.24) is 0 Å². The molecule has 0 unspecified atom stereocenters. The number of fused-ring (bicyclic) bond motifs is 10. The highest BCUT2D eigenvalue weighted by molar-refractivity contribution is 7.33. The first-order valence-corrected chi connectivity index (χ1v) is 31.4. The number of benzene rings is 6. The van der Waals surface area contributed by atoms with E-state index in [4.69, 9.17) is 0 Å². The molecule has 6 aliphatic rings. The number of hydrogen-bond acceptors (Lipinski definition) is 3. The standard InChI is InChI=1S/C75H91BN2S/c1-44-34-49-53(72(13,14)30-26-68(49,5)6)40-58(44)78-62-36-46(67(2,3)4)35-61-64(62)76(66-65(78)48-38-51-56(43-63(48)79-66)75(19,20)33-28-70(51,9)10)57-39-52-55(74(17,18)32-29-71(52,11)12)42-60(57)77(61)59-41-54-50(69(7,8)27-31-73(54,15)16)37-47(59)45-24-22-21-23-25-45/h21-25,34-43H,26-33H2,1-20H3. The molecular formula is C75H91BN2S. The molecule has 3 heterocycles. The van der Waals surface area contributed by atoms with Crippen molar-refractivity contribution < 1.29 is 0 Å². The second-order valence-electron chi connectivity index (χ2n) is 32.5. The highest BCUT2D eigenvalue weighted by Gasteiger charge is 2.51. The van der Waals surface area contributed by atoms with E-state index in [0.717, 1.165) is 6.42 Å². The Morgan fingerprint density at radius 3 is 1.32 bits per heavy atom. The van der Waals surface area contributed by atoms with E-state index < -0.39 is 0 Å². The maximum absolute atomic E-state index is 2.85. The van der Waals surface area contributed by atoms with Crippen molar-refractivity contribution in [3.8, 4) is 11.1 Å². The van der Waals surface area contributed by atoms with Gasteiger partial charge in [-0.25, -0.2) is 0 Å². The Hall–Kier alpha value is -5.06. The predicted molar refractivity (Wildman–Crippen MR) is 346 cm³/mol. The van der Waals surface area contributed by atoms with Crippen molar-refractivity contribution >= 4 is 78.0 Å². The van der Waals surface area contributed by atoms with Crippen molar-refractivity contribution in [1.29, 1.82) is 0 Å². The van der Waals surface area contributed by atoms with Gasteiger partial charge in [-0.3, -0.25) is 0 Å². The predicted octanol–water partition coefficient (Wildman–Crippen LogP) is 19.7. The summed E-state index contributed by atoms with van der Waals surface area (Å²) in [7, 11) is 0. The molecular weight excluding hydrogens is 972 g/mol. The van der Waals surface area contributed by atoms with E-state index in [2.05, 4.69) is 251 Å². The molecule has 0 saturated heterocycles. The van der Waals surface area contributed by atoms with Gasteiger partial charge in [0.25, 0.3) is 6.71 Å². The van der Waals surface area contributed by atoms with Crippen LogP contribution in [0.4, 0.5) is 34.1 Å². The fourth-order valence-corrected chi connectivity index (χ4v) is 17.5. The molecule has 410 valence electrons. The molecule has 4 heteroatoms. The molecule has 1 aromatic heterocycles. The molecule has 0 radical (unpaired) electrons. The van der Waals surface area contributed by atoms with Gasteiger partial charge >= 0.3 is 0 Å². The Labute approximate surface area is 481 Å². The number of anilines is 6. The normalized spacial score (nSPS) is 21.7. The highest BCUT2D eigenvalue weighted by Crippen LogP contribution is 2.58. The Morgan fingerprint density at radius 2 is 0.823 bits per heavy atom. The summed E-state index contributed by atoms with van der Waals surface area (Å²) >= 11 is 2.11. The van der Waals surface area contributed by atoms with Gasteiger partial charge in [0.15, 0.2) is 0 Å². The van der Waals surface area contributed by atoms with Crippen LogP contribution in [0.15, 0.2) is 91.0 Å². The van der Waals surface area contributed by atoms with Gasteiger partial charge in [-0.15, -0.1) is 11.3 Å². The topological polar surface area (TPSA) is 6.48 Å². The van der Waals surface area contributed by atoms with Crippen LogP contribution >= 0.6 is 11.3 Å². The minimum absolute atomic E-state index is 0.0158. The fraction of sp³-hybridized carbons (Fsp3) is 0.493. The summed E-state index contributed by atoms with van der Waals surface area (Å²) in [6.07, 6.45) is 9.45. The molecule has 0 N–H and O–H groups in total. The van der Waals surface area contributed by atoms with Crippen LogP contribution in [0.25, 0.3) is 21.2 Å². The number of rotatable bonds is 3. The summed E-state index contributed by atoms with van der Waals surface area (Å²) < 4.78 is 2.92. The Kier molecular flexibility index (Phi) is 11.2. The summed E-state index contributed by atoms with van der Waals surface area (Å²) in [5.74, 6) is 0. The SMILES string of the molecule is Cc1cc2c(cc1N1c3cc(C(C)(C)C)cc4c3B(c3cc5c(cc3N4c3cc4c(cc3-c3ccccc3)C(C)(C)CCC4(C)C)C(C)(C)CCC5(C)C)c3sc4cc5c(cc4c31)C(C)(C)CCC5(C)C)C(C)(C)CCC2(C)C. The maximum atomic E-state index is 2.85. The van der Waals surface area contributed by atoms with Crippen molar-refractivity contribution in [2.45, 2.75) is 239 Å². The number of hydrogen-bond donors (Lipinski definition) is 0. The van der Waals surface area contributed by atoms with Crippen molar-refractivity contribution in [3.63, 3.8) is 0 Å². The lowest BCUT2D eigenvalue weighted by molar-refractivity contribution is 0.332. The van der Waals surface area contributed by atoms with Crippen LogP contribution in [0.1, 0.15) is 239 Å². The molecule has 2 aliphatic heterocycles. The number of aryl methyl sites for hydroxylation is 1. The molecule has 0 spiro atoms. The molecule has 13 rings (SSSR count). The third-order valence-corrected chi connectivity index (χ3v) is 23.4. The van der Waals surface area contributed by atoms with Gasteiger partial charge in [-0.2, -0.15) is 0 Å².